The number of fused-ring (bicyclic) bond motifs is 2. The van der Waals surface area contributed by atoms with Crippen molar-refractivity contribution >= 4 is 16.6 Å². The Morgan fingerprint density at radius 2 is 2.15 bits per heavy atom. The van der Waals surface area contributed by atoms with E-state index in [-0.39, 0.29) is 12.7 Å². The van der Waals surface area contributed by atoms with Gasteiger partial charge in [-0.1, -0.05) is 0 Å². The molecule has 1 aromatic heterocycles. The normalized spacial score (nSPS) is 14.1. The molecule has 0 bridgehead atoms. The van der Waals surface area contributed by atoms with Crippen molar-refractivity contribution in [2.24, 2.45) is 5.92 Å². The van der Waals surface area contributed by atoms with Gasteiger partial charge in [0, 0.05) is 25.2 Å². The van der Waals surface area contributed by atoms with Gasteiger partial charge in [0.05, 0.1) is 12.0 Å². The van der Waals surface area contributed by atoms with E-state index in [1.807, 2.05) is 37.1 Å². The number of aromatic nitrogens is 1. The van der Waals surface area contributed by atoms with Gasteiger partial charge >= 0.3 is 0 Å². The van der Waals surface area contributed by atoms with Crippen LogP contribution in [-0.2, 0) is 0 Å². The van der Waals surface area contributed by atoms with E-state index in [2.05, 4.69) is 11.1 Å². The summed E-state index contributed by atoms with van der Waals surface area (Å²) in [7, 11) is 1.94. The predicted octanol–water partition coefficient (Wildman–Crippen LogP) is 2.56. The molecule has 0 N–H and O–H groups in total. The van der Waals surface area contributed by atoms with E-state index in [1.54, 1.807) is 6.20 Å². The van der Waals surface area contributed by atoms with Gasteiger partial charge < -0.3 is 14.4 Å². The smallest absolute Gasteiger partial charge is 0.231 e. The molecule has 2 heterocycles. The first-order valence-corrected chi connectivity index (χ1v) is 6.48. The summed E-state index contributed by atoms with van der Waals surface area (Å²) in [5.41, 5.74) is 0. The second-order valence-corrected chi connectivity index (χ2v) is 4.97. The number of nitriles is 1. The molecule has 5 heteroatoms. The third-order valence-electron chi connectivity index (χ3n) is 3.37. The van der Waals surface area contributed by atoms with Crippen molar-refractivity contribution in [2.45, 2.75) is 6.92 Å². The Hall–Kier alpha value is -2.48. The highest BCUT2D eigenvalue weighted by Gasteiger charge is 2.17. The van der Waals surface area contributed by atoms with Gasteiger partial charge in [-0.25, -0.2) is 4.98 Å². The molecule has 2 aromatic rings. The molecule has 0 aliphatic carbocycles. The zero-order chi connectivity index (χ0) is 14.1. The zero-order valence-electron chi connectivity index (χ0n) is 11.5. The number of nitrogens with zero attached hydrogens (tertiary/aromatic N) is 3. The fourth-order valence-corrected chi connectivity index (χ4v) is 2.39. The van der Waals surface area contributed by atoms with Gasteiger partial charge in [0.1, 0.15) is 5.82 Å². The van der Waals surface area contributed by atoms with Crippen molar-refractivity contribution in [3.8, 4) is 17.6 Å². The van der Waals surface area contributed by atoms with Crippen molar-refractivity contribution in [3.05, 3.63) is 24.4 Å². The Kier molecular flexibility index (Phi) is 3.07. The summed E-state index contributed by atoms with van der Waals surface area (Å²) >= 11 is 0. The molecule has 1 atom stereocenters. The molecule has 1 aromatic carbocycles. The first kappa shape index (κ1) is 12.5. The van der Waals surface area contributed by atoms with Crippen LogP contribution in [0.15, 0.2) is 24.4 Å². The molecule has 0 amide bonds. The predicted molar refractivity (Wildman–Crippen MR) is 75.9 cm³/mol. The van der Waals surface area contributed by atoms with Gasteiger partial charge in [-0.05, 0) is 30.5 Å². The van der Waals surface area contributed by atoms with Crippen LogP contribution in [-0.4, -0.2) is 25.4 Å². The van der Waals surface area contributed by atoms with Crippen LogP contribution in [0.5, 0.6) is 11.5 Å². The standard InChI is InChI=1S/C15H15N3O2/c1-10(7-16)8-18(2)15-12-6-14-13(19-9-20-14)5-11(12)3-4-17-15/h3-6,10H,8-9H2,1-2H3. The summed E-state index contributed by atoms with van der Waals surface area (Å²) in [6, 6.07) is 8.10. The lowest BCUT2D eigenvalue weighted by molar-refractivity contribution is 0.174. The Morgan fingerprint density at radius 3 is 2.90 bits per heavy atom. The van der Waals surface area contributed by atoms with E-state index in [4.69, 9.17) is 14.7 Å². The number of hydrogen-bond acceptors (Lipinski definition) is 5. The summed E-state index contributed by atoms with van der Waals surface area (Å²) in [4.78, 5) is 6.44. The first-order valence-electron chi connectivity index (χ1n) is 6.48. The molecule has 20 heavy (non-hydrogen) atoms. The van der Waals surface area contributed by atoms with E-state index in [1.165, 1.54) is 0 Å². The van der Waals surface area contributed by atoms with Gasteiger partial charge in [-0.15, -0.1) is 0 Å². The van der Waals surface area contributed by atoms with Gasteiger partial charge in [-0.3, -0.25) is 0 Å². The molecule has 3 rings (SSSR count). The maximum atomic E-state index is 8.94. The quantitative estimate of drug-likeness (QED) is 0.857. The van der Waals surface area contributed by atoms with Gasteiger partial charge in [-0.2, -0.15) is 5.26 Å². The minimum Gasteiger partial charge on any atom is -0.454 e. The Balaban J connectivity index is 2.05. The number of pyridine rings is 1. The topological polar surface area (TPSA) is 58.4 Å². The van der Waals surface area contributed by atoms with E-state index in [9.17, 15) is 0 Å². The fourth-order valence-electron chi connectivity index (χ4n) is 2.39. The second kappa shape index (κ2) is 4.89. The minimum atomic E-state index is -0.0499. The highest BCUT2D eigenvalue weighted by Crippen LogP contribution is 2.38. The lowest BCUT2D eigenvalue weighted by Crippen LogP contribution is -2.24. The van der Waals surface area contributed by atoms with Crippen molar-refractivity contribution in [1.29, 1.82) is 5.26 Å². The van der Waals surface area contributed by atoms with Crippen molar-refractivity contribution in [1.82, 2.24) is 4.98 Å². The van der Waals surface area contributed by atoms with E-state index in [0.717, 1.165) is 28.1 Å². The van der Waals surface area contributed by atoms with E-state index >= 15 is 0 Å². The maximum absolute atomic E-state index is 8.94. The molecule has 102 valence electrons. The van der Waals surface area contributed by atoms with Crippen LogP contribution in [0.25, 0.3) is 10.8 Å². The Bertz CT molecular complexity index is 693. The van der Waals surface area contributed by atoms with Crippen LogP contribution < -0.4 is 14.4 Å². The average molecular weight is 269 g/mol. The lowest BCUT2D eigenvalue weighted by Gasteiger charge is -2.21. The van der Waals surface area contributed by atoms with Crippen molar-refractivity contribution in [2.75, 3.05) is 25.3 Å². The molecule has 0 fully saturated rings. The number of benzene rings is 1. The average Bonchev–Trinajstić information content (AvgIpc) is 2.91. The van der Waals surface area contributed by atoms with Crippen molar-refractivity contribution in [3.63, 3.8) is 0 Å². The number of anilines is 1. The van der Waals surface area contributed by atoms with Gasteiger partial charge in [0.15, 0.2) is 11.5 Å². The van der Waals surface area contributed by atoms with Crippen LogP contribution in [0, 0.1) is 17.2 Å². The fraction of sp³-hybridized carbons (Fsp3) is 0.333. The summed E-state index contributed by atoms with van der Waals surface area (Å²) < 4.78 is 10.8. The monoisotopic (exact) mass is 269 g/mol. The molecule has 0 spiro atoms. The zero-order valence-corrected chi connectivity index (χ0v) is 11.5. The number of hydrogen-bond donors (Lipinski definition) is 0. The van der Waals surface area contributed by atoms with Gasteiger partial charge in [0.2, 0.25) is 6.79 Å². The first-order chi connectivity index (χ1) is 9.69. The molecule has 1 aliphatic heterocycles. The minimum absolute atomic E-state index is 0.0499. The molecule has 1 aliphatic rings. The summed E-state index contributed by atoms with van der Waals surface area (Å²) in [5.74, 6) is 2.31. The van der Waals surface area contributed by atoms with E-state index < -0.39 is 0 Å². The van der Waals surface area contributed by atoms with Crippen LogP contribution in [0.1, 0.15) is 6.92 Å². The highest BCUT2D eigenvalue weighted by molar-refractivity contribution is 5.94. The SMILES string of the molecule is CC(C#N)CN(C)c1nccc2cc3c(cc12)OCO3. The maximum Gasteiger partial charge on any atom is 0.231 e. The van der Waals surface area contributed by atoms with E-state index in [0.29, 0.717) is 6.54 Å². The largest absolute Gasteiger partial charge is 0.454 e. The molecule has 1 unspecified atom stereocenters. The molecule has 0 saturated heterocycles. The number of rotatable bonds is 3. The third kappa shape index (κ3) is 2.10. The van der Waals surface area contributed by atoms with Gasteiger partial charge in [0.25, 0.3) is 0 Å². The number of ether oxygens (including phenoxy) is 2. The van der Waals surface area contributed by atoms with Crippen molar-refractivity contribution < 1.29 is 9.47 Å². The molecular formula is C15H15N3O2. The summed E-state index contributed by atoms with van der Waals surface area (Å²) in [5, 5.41) is 11.0. The summed E-state index contributed by atoms with van der Waals surface area (Å²) in [6.07, 6.45) is 1.77. The lowest BCUT2D eigenvalue weighted by atomic mass is 10.1. The summed E-state index contributed by atoms with van der Waals surface area (Å²) in [6.45, 7) is 2.79. The Labute approximate surface area is 117 Å². The van der Waals surface area contributed by atoms with Crippen LogP contribution >= 0.6 is 0 Å². The van der Waals surface area contributed by atoms with Crippen LogP contribution in [0.2, 0.25) is 0 Å². The van der Waals surface area contributed by atoms with Crippen LogP contribution in [0.4, 0.5) is 5.82 Å². The highest BCUT2D eigenvalue weighted by atomic mass is 16.7. The second-order valence-electron chi connectivity index (χ2n) is 4.97. The molecule has 5 nitrogen and oxygen atoms in total. The molecular weight excluding hydrogens is 254 g/mol. The molecule has 0 radical (unpaired) electrons. The molecule has 0 saturated carbocycles. The van der Waals surface area contributed by atoms with Crippen LogP contribution in [0.3, 0.4) is 0 Å². The Morgan fingerprint density at radius 1 is 1.40 bits per heavy atom. The third-order valence-corrected chi connectivity index (χ3v) is 3.37.